The molecule has 2 aromatic heterocycles. The Balaban J connectivity index is 1.44. The summed E-state index contributed by atoms with van der Waals surface area (Å²) in [6.45, 7) is 3.60. The van der Waals surface area contributed by atoms with Crippen LogP contribution in [0.1, 0.15) is 10.5 Å². The molecule has 0 aliphatic carbocycles. The number of carbonyl (C=O) groups excluding carboxylic acids is 1. The molecule has 0 radical (unpaired) electrons. The molecule has 5 rings (SSSR count). The Bertz CT molecular complexity index is 1320. The van der Waals surface area contributed by atoms with Crippen molar-refractivity contribution in [1.29, 1.82) is 0 Å². The lowest BCUT2D eigenvalue weighted by atomic mass is 10.2. The number of thiazole rings is 1. The number of nitrogens with one attached hydrogen (secondary N) is 2. The molecule has 2 aromatic carbocycles. The number of amides is 1. The van der Waals surface area contributed by atoms with Crippen LogP contribution in [0, 0.1) is 0 Å². The smallest absolute Gasteiger partial charge is 0.335 e. The minimum Gasteiger partial charge on any atom is -0.367 e. The predicted octanol–water partition coefficient (Wildman–Crippen LogP) is 2.45. The number of aromatic nitrogens is 3. The van der Waals surface area contributed by atoms with E-state index in [2.05, 4.69) is 20.5 Å². The largest absolute Gasteiger partial charge is 0.367 e. The van der Waals surface area contributed by atoms with Gasteiger partial charge in [0.2, 0.25) is 0 Å². The summed E-state index contributed by atoms with van der Waals surface area (Å²) in [7, 11) is 1.73. The Morgan fingerprint density at radius 3 is 2.58 bits per heavy atom. The normalized spacial score (nSPS) is 14.2. The molecule has 3 heterocycles. The number of anilines is 2. The first kappa shape index (κ1) is 19.5. The molecule has 1 aliphatic heterocycles. The van der Waals surface area contributed by atoms with E-state index < -0.39 is 0 Å². The number of rotatable bonds is 4. The molecule has 2 N–H and O–H groups in total. The van der Waals surface area contributed by atoms with Crippen LogP contribution in [-0.2, 0) is 7.05 Å². The Morgan fingerprint density at radius 1 is 1.06 bits per heavy atom. The average molecular weight is 435 g/mol. The third kappa shape index (κ3) is 3.51. The van der Waals surface area contributed by atoms with Gasteiger partial charge in [0, 0.05) is 38.6 Å². The number of benzene rings is 2. The lowest BCUT2D eigenvalue weighted by Crippen LogP contribution is -2.43. The molecule has 1 amide bonds. The van der Waals surface area contributed by atoms with Gasteiger partial charge >= 0.3 is 5.69 Å². The topological polar surface area (TPSA) is 84.2 Å². The van der Waals surface area contributed by atoms with Crippen molar-refractivity contribution >= 4 is 39.7 Å². The zero-order valence-electron chi connectivity index (χ0n) is 17.0. The van der Waals surface area contributed by atoms with Crippen molar-refractivity contribution in [3.8, 4) is 5.13 Å². The van der Waals surface area contributed by atoms with Gasteiger partial charge in [0.15, 0.2) is 5.13 Å². The Labute approximate surface area is 182 Å². The molecule has 0 unspecified atom stereocenters. The van der Waals surface area contributed by atoms with Crippen LogP contribution < -0.4 is 21.2 Å². The maximum atomic E-state index is 13.0. The van der Waals surface area contributed by atoms with Crippen LogP contribution in [0.5, 0.6) is 0 Å². The van der Waals surface area contributed by atoms with Crippen molar-refractivity contribution in [2.75, 3.05) is 36.4 Å². The highest BCUT2D eigenvalue weighted by Gasteiger charge is 2.19. The van der Waals surface area contributed by atoms with E-state index in [1.807, 2.05) is 48.5 Å². The number of piperazine rings is 1. The fourth-order valence-corrected chi connectivity index (χ4v) is 4.71. The van der Waals surface area contributed by atoms with Gasteiger partial charge in [0.25, 0.3) is 5.91 Å². The standard InChI is InChI=1S/C22H22N6O2S/c1-26-18-8-4-5-9-19(18)28(22(26)30)21-25-16(14-31-21)20(29)24-15-6-2-3-7-17(15)27-12-10-23-11-13-27/h2-9,14,23H,10-13H2,1H3,(H,24,29). The summed E-state index contributed by atoms with van der Waals surface area (Å²) in [4.78, 5) is 32.5. The number of hydrogen-bond acceptors (Lipinski definition) is 6. The summed E-state index contributed by atoms with van der Waals surface area (Å²) >= 11 is 1.28. The minimum absolute atomic E-state index is 0.188. The molecular formula is C22H22N6O2S. The molecule has 8 nitrogen and oxygen atoms in total. The van der Waals surface area contributed by atoms with Crippen LogP contribution in [0.15, 0.2) is 58.7 Å². The van der Waals surface area contributed by atoms with Gasteiger partial charge in [-0.05, 0) is 24.3 Å². The monoisotopic (exact) mass is 434 g/mol. The molecule has 0 bridgehead atoms. The molecule has 0 spiro atoms. The Hall–Kier alpha value is -3.43. The van der Waals surface area contributed by atoms with Gasteiger partial charge in [-0.2, -0.15) is 0 Å². The summed E-state index contributed by atoms with van der Waals surface area (Å²) in [5.41, 5.74) is 3.44. The zero-order valence-corrected chi connectivity index (χ0v) is 17.9. The SMILES string of the molecule is Cn1c(=O)n(-c2nc(C(=O)Nc3ccccc3N3CCNCC3)cs2)c2ccccc21. The van der Waals surface area contributed by atoms with Crippen LogP contribution in [0.25, 0.3) is 16.2 Å². The molecule has 1 aliphatic rings. The van der Waals surface area contributed by atoms with Crippen molar-refractivity contribution < 1.29 is 4.79 Å². The molecule has 4 aromatic rings. The number of hydrogen-bond donors (Lipinski definition) is 2. The molecule has 0 atom stereocenters. The van der Waals surface area contributed by atoms with Gasteiger partial charge in [-0.25, -0.2) is 14.3 Å². The van der Waals surface area contributed by atoms with E-state index in [1.165, 1.54) is 11.3 Å². The van der Waals surface area contributed by atoms with Crippen molar-refractivity contribution in [3.05, 3.63) is 70.1 Å². The van der Waals surface area contributed by atoms with E-state index in [4.69, 9.17) is 0 Å². The first-order valence-corrected chi connectivity index (χ1v) is 11.0. The molecule has 1 fully saturated rings. The molecule has 1 saturated heterocycles. The van der Waals surface area contributed by atoms with Crippen molar-refractivity contribution in [2.24, 2.45) is 7.05 Å². The second-order valence-corrected chi connectivity index (χ2v) is 8.23. The van der Waals surface area contributed by atoms with Gasteiger partial charge in [0.1, 0.15) is 5.69 Å². The molecule has 158 valence electrons. The second kappa shape index (κ2) is 8.01. The highest BCUT2D eigenvalue weighted by atomic mass is 32.1. The van der Waals surface area contributed by atoms with E-state index in [-0.39, 0.29) is 17.3 Å². The highest BCUT2D eigenvalue weighted by Crippen LogP contribution is 2.27. The number of imidazole rings is 1. The van der Waals surface area contributed by atoms with Gasteiger partial charge in [-0.3, -0.25) is 9.36 Å². The maximum absolute atomic E-state index is 13.0. The fraction of sp³-hybridized carbons (Fsp3) is 0.227. The predicted molar refractivity (Wildman–Crippen MR) is 124 cm³/mol. The molecule has 9 heteroatoms. The van der Waals surface area contributed by atoms with Crippen LogP contribution in [0.2, 0.25) is 0 Å². The van der Waals surface area contributed by atoms with Crippen LogP contribution in [0.4, 0.5) is 11.4 Å². The van der Waals surface area contributed by atoms with E-state index in [9.17, 15) is 9.59 Å². The van der Waals surface area contributed by atoms with Gasteiger partial charge in [-0.15, -0.1) is 11.3 Å². The summed E-state index contributed by atoms with van der Waals surface area (Å²) in [6.07, 6.45) is 0. The van der Waals surface area contributed by atoms with Crippen LogP contribution in [0.3, 0.4) is 0 Å². The van der Waals surface area contributed by atoms with E-state index in [0.717, 1.165) is 48.6 Å². The number of nitrogens with zero attached hydrogens (tertiary/aromatic N) is 4. The summed E-state index contributed by atoms with van der Waals surface area (Å²) in [6, 6.07) is 15.3. The number of carbonyl (C=O) groups is 1. The Morgan fingerprint density at radius 2 is 1.77 bits per heavy atom. The van der Waals surface area contributed by atoms with Gasteiger partial charge in [0.05, 0.1) is 22.4 Å². The van der Waals surface area contributed by atoms with Crippen LogP contribution >= 0.6 is 11.3 Å². The first-order valence-electron chi connectivity index (χ1n) is 10.1. The lowest BCUT2D eigenvalue weighted by molar-refractivity contribution is 0.102. The summed E-state index contributed by atoms with van der Waals surface area (Å²) in [5, 5.41) is 8.50. The minimum atomic E-state index is -0.293. The van der Waals surface area contributed by atoms with Crippen molar-refractivity contribution in [1.82, 2.24) is 19.4 Å². The van der Waals surface area contributed by atoms with E-state index in [1.54, 1.807) is 21.6 Å². The molecular weight excluding hydrogens is 412 g/mol. The Kier molecular flexibility index (Phi) is 5.05. The quantitative estimate of drug-likeness (QED) is 0.516. The number of fused-ring (bicyclic) bond motifs is 1. The zero-order chi connectivity index (χ0) is 21.4. The van der Waals surface area contributed by atoms with Crippen molar-refractivity contribution in [3.63, 3.8) is 0 Å². The van der Waals surface area contributed by atoms with Gasteiger partial charge in [-0.1, -0.05) is 24.3 Å². The average Bonchev–Trinajstić information content (AvgIpc) is 3.38. The summed E-state index contributed by atoms with van der Waals surface area (Å²) < 4.78 is 3.13. The van der Waals surface area contributed by atoms with Gasteiger partial charge < -0.3 is 15.5 Å². The fourth-order valence-electron chi connectivity index (χ4n) is 3.90. The van der Waals surface area contributed by atoms with E-state index >= 15 is 0 Å². The third-order valence-corrected chi connectivity index (χ3v) is 6.31. The third-order valence-electron chi connectivity index (χ3n) is 5.49. The van der Waals surface area contributed by atoms with Crippen LogP contribution in [-0.4, -0.2) is 46.2 Å². The number of para-hydroxylation sites is 4. The molecule has 0 saturated carbocycles. The molecule has 31 heavy (non-hydrogen) atoms. The lowest BCUT2D eigenvalue weighted by Gasteiger charge is -2.31. The maximum Gasteiger partial charge on any atom is 0.335 e. The first-order chi connectivity index (χ1) is 15.1. The highest BCUT2D eigenvalue weighted by molar-refractivity contribution is 7.12. The van der Waals surface area contributed by atoms with Crippen molar-refractivity contribution in [2.45, 2.75) is 0 Å². The summed E-state index contributed by atoms with van der Waals surface area (Å²) in [5.74, 6) is -0.293. The number of aryl methyl sites for hydroxylation is 1. The second-order valence-electron chi connectivity index (χ2n) is 7.39. The van der Waals surface area contributed by atoms with E-state index in [0.29, 0.717) is 5.13 Å².